The average Bonchev–Trinajstić information content (AvgIpc) is 2.34. The van der Waals surface area contributed by atoms with Crippen LogP contribution in [0.1, 0.15) is 20.3 Å². The lowest BCUT2D eigenvalue weighted by Gasteiger charge is -2.22. The van der Waals surface area contributed by atoms with Crippen LogP contribution in [-0.2, 0) is 0 Å². The molecule has 0 atom stereocenters. The standard InChI is InChI=1S/C11H17N5O/c1-3-16(7-5-6-12)10-9(13)11(17-4-2)15-8-14-10/h8H,3-5,7,13H2,1-2H3. The molecule has 0 aliphatic carbocycles. The average molecular weight is 235 g/mol. The van der Waals surface area contributed by atoms with Crippen LogP contribution in [0.25, 0.3) is 0 Å². The van der Waals surface area contributed by atoms with E-state index in [1.165, 1.54) is 6.33 Å². The smallest absolute Gasteiger partial charge is 0.242 e. The topological polar surface area (TPSA) is 88.1 Å². The molecule has 92 valence electrons. The molecule has 0 bridgehead atoms. The summed E-state index contributed by atoms with van der Waals surface area (Å²) in [7, 11) is 0. The lowest BCUT2D eigenvalue weighted by atomic mass is 10.3. The first-order valence-electron chi connectivity index (χ1n) is 5.59. The zero-order chi connectivity index (χ0) is 12.7. The number of aromatic nitrogens is 2. The summed E-state index contributed by atoms with van der Waals surface area (Å²) < 4.78 is 5.31. The number of anilines is 2. The molecule has 0 aliphatic rings. The number of rotatable bonds is 6. The molecule has 1 rings (SSSR count). The van der Waals surface area contributed by atoms with E-state index in [4.69, 9.17) is 15.7 Å². The number of nitrogens with two attached hydrogens (primary N) is 1. The summed E-state index contributed by atoms with van der Waals surface area (Å²) in [6.07, 6.45) is 1.85. The first-order valence-corrected chi connectivity index (χ1v) is 5.59. The molecule has 2 N–H and O–H groups in total. The normalized spacial score (nSPS) is 9.71. The summed E-state index contributed by atoms with van der Waals surface area (Å²) in [4.78, 5) is 10.1. The van der Waals surface area contributed by atoms with E-state index in [0.29, 0.717) is 37.0 Å². The second-order valence-corrected chi connectivity index (χ2v) is 3.34. The molecule has 0 amide bonds. The van der Waals surface area contributed by atoms with Gasteiger partial charge in [0.15, 0.2) is 5.82 Å². The van der Waals surface area contributed by atoms with Gasteiger partial charge in [-0.1, -0.05) is 0 Å². The zero-order valence-corrected chi connectivity index (χ0v) is 10.2. The number of hydrogen-bond donors (Lipinski definition) is 1. The fourth-order valence-corrected chi connectivity index (χ4v) is 1.47. The summed E-state index contributed by atoms with van der Waals surface area (Å²) >= 11 is 0. The van der Waals surface area contributed by atoms with E-state index in [2.05, 4.69) is 16.0 Å². The highest BCUT2D eigenvalue weighted by Crippen LogP contribution is 2.27. The Kier molecular flexibility index (Phi) is 5.01. The Balaban J connectivity index is 2.95. The molecule has 0 radical (unpaired) electrons. The van der Waals surface area contributed by atoms with Gasteiger partial charge in [-0.05, 0) is 13.8 Å². The minimum absolute atomic E-state index is 0.396. The lowest BCUT2D eigenvalue weighted by Crippen LogP contribution is -2.26. The van der Waals surface area contributed by atoms with E-state index < -0.39 is 0 Å². The molecule has 0 aromatic carbocycles. The van der Waals surface area contributed by atoms with Crippen LogP contribution >= 0.6 is 0 Å². The molecule has 6 heteroatoms. The first-order chi connectivity index (χ1) is 8.24. The summed E-state index contributed by atoms with van der Waals surface area (Å²) in [5.41, 5.74) is 6.37. The van der Waals surface area contributed by atoms with E-state index in [1.807, 2.05) is 18.7 Å². The summed E-state index contributed by atoms with van der Waals surface area (Å²) in [6, 6.07) is 2.10. The van der Waals surface area contributed by atoms with Gasteiger partial charge in [-0.2, -0.15) is 10.2 Å². The summed E-state index contributed by atoms with van der Waals surface area (Å²) in [6.45, 7) is 5.69. The van der Waals surface area contributed by atoms with Gasteiger partial charge in [0.2, 0.25) is 5.88 Å². The number of hydrogen-bond acceptors (Lipinski definition) is 6. The van der Waals surface area contributed by atoms with E-state index >= 15 is 0 Å². The monoisotopic (exact) mass is 235 g/mol. The fraction of sp³-hybridized carbons (Fsp3) is 0.545. The maximum Gasteiger partial charge on any atom is 0.242 e. The van der Waals surface area contributed by atoms with Crippen molar-refractivity contribution in [3.8, 4) is 11.9 Å². The van der Waals surface area contributed by atoms with Crippen molar-refractivity contribution in [2.75, 3.05) is 30.3 Å². The van der Waals surface area contributed by atoms with Crippen LogP contribution < -0.4 is 15.4 Å². The second kappa shape index (κ2) is 6.53. The molecule has 1 heterocycles. The number of nitrogens with zero attached hydrogens (tertiary/aromatic N) is 4. The zero-order valence-electron chi connectivity index (χ0n) is 10.2. The van der Waals surface area contributed by atoms with Crippen molar-refractivity contribution in [3.63, 3.8) is 0 Å². The Bertz CT molecular complexity index is 401. The van der Waals surface area contributed by atoms with E-state index in [1.54, 1.807) is 0 Å². The van der Waals surface area contributed by atoms with Crippen LogP contribution in [0.15, 0.2) is 6.33 Å². The SMILES string of the molecule is CCOc1ncnc(N(CC)CCC#N)c1N. The van der Waals surface area contributed by atoms with Crippen LogP contribution in [0, 0.1) is 11.3 Å². The maximum atomic E-state index is 8.60. The first kappa shape index (κ1) is 13.0. The van der Waals surface area contributed by atoms with E-state index in [0.717, 1.165) is 6.54 Å². The molecule has 0 unspecified atom stereocenters. The van der Waals surface area contributed by atoms with Crippen LogP contribution in [0.2, 0.25) is 0 Å². The Hall–Kier alpha value is -2.03. The summed E-state index contributed by atoms with van der Waals surface area (Å²) in [5, 5.41) is 8.60. The van der Waals surface area contributed by atoms with Gasteiger partial charge < -0.3 is 15.4 Å². The second-order valence-electron chi connectivity index (χ2n) is 3.34. The highest BCUT2D eigenvalue weighted by molar-refractivity contribution is 5.67. The van der Waals surface area contributed by atoms with Crippen molar-refractivity contribution in [1.29, 1.82) is 5.26 Å². The van der Waals surface area contributed by atoms with Gasteiger partial charge in [-0.15, -0.1) is 0 Å². The lowest BCUT2D eigenvalue weighted by molar-refractivity contribution is 0.328. The minimum Gasteiger partial charge on any atom is -0.476 e. The maximum absolute atomic E-state index is 8.60. The van der Waals surface area contributed by atoms with Crippen molar-refractivity contribution in [2.24, 2.45) is 0 Å². The Labute approximate surface area is 101 Å². The third-order valence-corrected chi connectivity index (χ3v) is 2.28. The van der Waals surface area contributed by atoms with Gasteiger partial charge in [-0.3, -0.25) is 0 Å². The molecule has 6 nitrogen and oxygen atoms in total. The predicted molar refractivity (Wildman–Crippen MR) is 65.7 cm³/mol. The van der Waals surface area contributed by atoms with E-state index in [-0.39, 0.29) is 0 Å². The molecular formula is C11H17N5O. The minimum atomic E-state index is 0.396. The van der Waals surface area contributed by atoms with Crippen LogP contribution in [0.5, 0.6) is 5.88 Å². The van der Waals surface area contributed by atoms with Gasteiger partial charge in [0, 0.05) is 13.1 Å². The van der Waals surface area contributed by atoms with Gasteiger partial charge in [0.05, 0.1) is 19.1 Å². The Morgan fingerprint density at radius 2 is 2.24 bits per heavy atom. The quantitative estimate of drug-likeness (QED) is 0.797. The van der Waals surface area contributed by atoms with Gasteiger partial charge in [0.25, 0.3) is 0 Å². The predicted octanol–water partition coefficient (Wildman–Crippen LogP) is 1.20. The summed E-state index contributed by atoms with van der Waals surface area (Å²) in [5.74, 6) is 1.02. The van der Waals surface area contributed by atoms with Crippen LogP contribution in [0.4, 0.5) is 11.5 Å². The Morgan fingerprint density at radius 1 is 1.47 bits per heavy atom. The number of nitriles is 1. The van der Waals surface area contributed by atoms with Gasteiger partial charge in [0.1, 0.15) is 12.0 Å². The van der Waals surface area contributed by atoms with Crippen molar-refractivity contribution in [2.45, 2.75) is 20.3 Å². The molecule has 0 aliphatic heterocycles. The Morgan fingerprint density at radius 3 is 2.82 bits per heavy atom. The fourth-order valence-electron chi connectivity index (χ4n) is 1.47. The largest absolute Gasteiger partial charge is 0.476 e. The van der Waals surface area contributed by atoms with Crippen LogP contribution in [0.3, 0.4) is 0 Å². The molecule has 0 fully saturated rings. The van der Waals surface area contributed by atoms with Gasteiger partial charge in [-0.25, -0.2) is 4.98 Å². The van der Waals surface area contributed by atoms with Crippen molar-refractivity contribution >= 4 is 11.5 Å². The molecule has 0 spiro atoms. The number of ether oxygens (including phenoxy) is 1. The highest BCUT2D eigenvalue weighted by Gasteiger charge is 2.14. The molecular weight excluding hydrogens is 218 g/mol. The highest BCUT2D eigenvalue weighted by atomic mass is 16.5. The molecule has 0 saturated carbocycles. The van der Waals surface area contributed by atoms with Crippen LogP contribution in [-0.4, -0.2) is 29.7 Å². The van der Waals surface area contributed by atoms with Gasteiger partial charge >= 0.3 is 0 Å². The van der Waals surface area contributed by atoms with Crippen molar-refractivity contribution < 1.29 is 4.74 Å². The third-order valence-electron chi connectivity index (χ3n) is 2.28. The number of nitrogen functional groups attached to an aromatic ring is 1. The van der Waals surface area contributed by atoms with Crippen molar-refractivity contribution in [3.05, 3.63) is 6.33 Å². The molecule has 1 aromatic rings. The van der Waals surface area contributed by atoms with Crippen molar-refractivity contribution in [1.82, 2.24) is 9.97 Å². The third kappa shape index (κ3) is 3.21. The molecule has 17 heavy (non-hydrogen) atoms. The molecule has 1 aromatic heterocycles. The molecule has 0 saturated heterocycles. The van der Waals surface area contributed by atoms with E-state index in [9.17, 15) is 0 Å².